The zero-order chi connectivity index (χ0) is 23.0. The lowest BCUT2D eigenvalue weighted by Crippen LogP contribution is -2.26. The third-order valence-corrected chi connectivity index (χ3v) is 6.53. The first-order chi connectivity index (χ1) is 15.4. The van der Waals surface area contributed by atoms with Crippen molar-refractivity contribution in [3.8, 4) is 5.75 Å². The number of para-hydroxylation sites is 1. The Balaban J connectivity index is 1.53. The van der Waals surface area contributed by atoms with Crippen molar-refractivity contribution >= 4 is 21.7 Å². The van der Waals surface area contributed by atoms with E-state index in [2.05, 4.69) is 5.32 Å². The molecule has 3 rings (SSSR count). The minimum atomic E-state index is -3.37. The lowest BCUT2D eigenvalue weighted by Gasteiger charge is -2.11. The van der Waals surface area contributed by atoms with Gasteiger partial charge in [-0.1, -0.05) is 42.5 Å². The molecule has 0 radical (unpaired) electrons. The van der Waals surface area contributed by atoms with Crippen LogP contribution in [0.25, 0.3) is 0 Å². The first-order valence-corrected chi connectivity index (χ1v) is 11.7. The summed E-state index contributed by atoms with van der Waals surface area (Å²) in [6, 6.07) is 21.8. The van der Waals surface area contributed by atoms with Crippen LogP contribution in [-0.2, 0) is 16.4 Å². The number of amides is 2. The van der Waals surface area contributed by atoms with E-state index in [1.807, 2.05) is 0 Å². The Kier molecular flexibility index (Phi) is 7.62. The van der Waals surface area contributed by atoms with Gasteiger partial charge in [-0.25, -0.2) is 8.42 Å². The number of primary amides is 1. The monoisotopic (exact) mass is 452 g/mol. The van der Waals surface area contributed by atoms with Crippen LogP contribution in [-0.4, -0.2) is 32.5 Å². The molecule has 0 atom stereocenters. The highest BCUT2D eigenvalue weighted by Crippen LogP contribution is 2.19. The molecule has 0 saturated carbocycles. The predicted octanol–water partition coefficient (Wildman–Crippen LogP) is 2.96. The summed E-state index contributed by atoms with van der Waals surface area (Å²) in [5.74, 6) is -0.566. The van der Waals surface area contributed by atoms with Crippen molar-refractivity contribution in [2.75, 3.05) is 12.3 Å². The Morgan fingerprint density at radius 3 is 2.38 bits per heavy atom. The summed E-state index contributed by atoms with van der Waals surface area (Å²) in [7, 11) is -3.37. The molecule has 166 valence electrons. The van der Waals surface area contributed by atoms with Gasteiger partial charge in [-0.2, -0.15) is 0 Å². The second-order valence-corrected chi connectivity index (χ2v) is 9.20. The molecular weight excluding hydrogens is 428 g/mol. The largest absolute Gasteiger partial charge is 0.488 e. The maximum absolute atomic E-state index is 12.4. The number of nitrogens with one attached hydrogen (secondary N) is 1. The third-order valence-electron chi connectivity index (χ3n) is 4.71. The summed E-state index contributed by atoms with van der Waals surface area (Å²) in [6.07, 6.45) is 0.301. The van der Waals surface area contributed by atoms with Gasteiger partial charge in [0.1, 0.15) is 12.4 Å². The second kappa shape index (κ2) is 10.6. The van der Waals surface area contributed by atoms with Crippen LogP contribution in [0.5, 0.6) is 5.75 Å². The molecule has 32 heavy (non-hydrogen) atoms. The standard InChI is InChI=1S/C24H24N2O5S/c25-23(27)21-12-4-5-13-22(21)31-17-18-8-6-9-19(16-18)24(28)26-14-7-15-32(29,30)20-10-2-1-3-11-20/h1-6,8-13,16H,7,14-15,17H2,(H2,25,27)(H,26,28). The van der Waals surface area contributed by atoms with E-state index in [0.29, 0.717) is 17.7 Å². The highest BCUT2D eigenvalue weighted by molar-refractivity contribution is 7.91. The normalized spacial score (nSPS) is 11.0. The van der Waals surface area contributed by atoms with Crippen LogP contribution in [0.4, 0.5) is 0 Å². The van der Waals surface area contributed by atoms with Crippen LogP contribution in [0, 0.1) is 0 Å². The minimum absolute atomic E-state index is 0.0511. The number of benzene rings is 3. The Hall–Kier alpha value is -3.65. The maximum atomic E-state index is 12.4. The van der Waals surface area contributed by atoms with Gasteiger partial charge in [0.25, 0.3) is 11.8 Å². The molecule has 0 bridgehead atoms. The molecule has 0 fully saturated rings. The summed E-state index contributed by atoms with van der Waals surface area (Å²) in [5, 5.41) is 2.74. The van der Waals surface area contributed by atoms with Crippen molar-refractivity contribution in [3.05, 3.63) is 95.6 Å². The molecule has 0 saturated heterocycles. The van der Waals surface area contributed by atoms with Gasteiger partial charge in [-0.3, -0.25) is 9.59 Å². The van der Waals surface area contributed by atoms with Gasteiger partial charge in [-0.15, -0.1) is 0 Å². The highest BCUT2D eigenvalue weighted by atomic mass is 32.2. The van der Waals surface area contributed by atoms with Crippen LogP contribution in [0.1, 0.15) is 32.7 Å². The molecule has 0 aromatic heterocycles. The molecule has 0 aliphatic heterocycles. The molecular formula is C24H24N2O5S. The molecule has 0 aliphatic rings. The topological polar surface area (TPSA) is 116 Å². The zero-order valence-corrected chi connectivity index (χ0v) is 18.2. The summed E-state index contributed by atoms with van der Waals surface area (Å²) in [5.41, 5.74) is 6.81. The average Bonchev–Trinajstić information content (AvgIpc) is 2.81. The van der Waals surface area contributed by atoms with Gasteiger partial charge in [0.15, 0.2) is 9.84 Å². The summed E-state index contributed by atoms with van der Waals surface area (Å²) in [6.45, 7) is 0.387. The Labute approximate surface area is 187 Å². The van der Waals surface area contributed by atoms with E-state index in [0.717, 1.165) is 5.56 Å². The number of nitrogens with two attached hydrogens (primary N) is 1. The average molecular weight is 453 g/mol. The van der Waals surface area contributed by atoms with Gasteiger partial charge in [0.2, 0.25) is 0 Å². The van der Waals surface area contributed by atoms with Crippen molar-refractivity contribution in [1.82, 2.24) is 5.32 Å². The van der Waals surface area contributed by atoms with Crippen LogP contribution < -0.4 is 15.8 Å². The fraction of sp³-hybridized carbons (Fsp3) is 0.167. The first-order valence-electron chi connectivity index (χ1n) is 10.0. The molecule has 0 unspecified atom stereocenters. The molecule has 8 heteroatoms. The summed E-state index contributed by atoms with van der Waals surface area (Å²) in [4.78, 5) is 24.2. The van der Waals surface area contributed by atoms with E-state index in [-0.39, 0.29) is 35.3 Å². The maximum Gasteiger partial charge on any atom is 0.252 e. The molecule has 2 amide bonds. The van der Waals surface area contributed by atoms with E-state index in [1.165, 1.54) is 0 Å². The number of rotatable bonds is 10. The summed E-state index contributed by atoms with van der Waals surface area (Å²) < 4.78 is 30.3. The highest BCUT2D eigenvalue weighted by Gasteiger charge is 2.14. The predicted molar refractivity (Wildman–Crippen MR) is 121 cm³/mol. The SMILES string of the molecule is NC(=O)c1ccccc1OCc1cccc(C(=O)NCCCS(=O)(=O)c2ccccc2)c1. The quantitative estimate of drug-likeness (QED) is 0.459. The van der Waals surface area contributed by atoms with Gasteiger partial charge in [0.05, 0.1) is 16.2 Å². The van der Waals surface area contributed by atoms with Gasteiger partial charge in [0, 0.05) is 12.1 Å². The molecule has 3 aromatic carbocycles. The van der Waals surface area contributed by atoms with E-state index < -0.39 is 15.7 Å². The zero-order valence-electron chi connectivity index (χ0n) is 17.4. The first kappa shape index (κ1) is 23.0. The number of hydrogen-bond donors (Lipinski definition) is 2. The third kappa shape index (κ3) is 6.18. The fourth-order valence-electron chi connectivity index (χ4n) is 3.07. The van der Waals surface area contributed by atoms with Crippen LogP contribution >= 0.6 is 0 Å². The van der Waals surface area contributed by atoms with Crippen molar-refractivity contribution in [1.29, 1.82) is 0 Å². The number of hydrogen-bond acceptors (Lipinski definition) is 5. The lowest BCUT2D eigenvalue weighted by molar-refractivity contribution is 0.0952. The number of carbonyl (C=O) groups is 2. The number of sulfone groups is 1. The molecule has 7 nitrogen and oxygen atoms in total. The van der Waals surface area contributed by atoms with E-state index >= 15 is 0 Å². The Morgan fingerprint density at radius 2 is 1.62 bits per heavy atom. The fourth-order valence-corrected chi connectivity index (χ4v) is 4.40. The Morgan fingerprint density at radius 1 is 0.906 bits per heavy atom. The molecule has 0 spiro atoms. The second-order valence-electron chi connectivity index (χ2n) is 7.09. The van der Waals surface area contributed by atoms with Gasteiger partial charge >= 0.3 is 0 Å². The summed E-state index contributed by atoms with van der Waals surface area (Å²) >= 11 is 0. The van der Waals surface area contributed by atoms with E-state index in [4.69, 9.17) is 10.5 Å². The van der Waals surface area contributed by atoms with Crippen molar-refractivity contribution in [2.45, 2.75) is 17.9 Å². The van der Waals surface area contributed by atoms with Crippen molar-refractivity contribution in [2.24, 2.45) is 5.73 Å². The number of carbonyl (C=O) groups excluding carboxylic acids is 2. The Bertz CT molecular complexity index is 1190. The molecule has 0 aliphatic carbocycles. The van der Waals surface area contributed by atoms with Gasteiger partial charge in [-0.05, 0) is 48.4 Å². The molecule has 3 N–H and O–H groups in total. The van der Waals surface area contributed by atoms with E-state index in [9.17, 15) is 18.0 Å². The van der Waals surface area contributed by atoms with Crippen molar-refractivity contribution < 1.29 is 22.7 Å². The molecule has 3 aromatic rings. The number of ether oxygens (including phenoxy) is 1. The minimum Gasteiger partial charge on any atom is -0.488 e. The smallest absolute Gasteiger partial charge is 0.252 e. The van der Waals surface area contributed by atoms with Crippen LogP contribution in [0.2, 0.25) is 0 Å². The van der Waals surface area contributed by atoms with E-state index in [1.54, 1.807) is 78.9 Å². The molecule has 0 heterocycles. The lowest BCUT2D eigenvalue weighted by atomic mass is 10.1. The van der Waals surface area contributed by atoms with Crippen LogP contribution in [0.15, 0.2) is 83.8 Å². The van der Waals surface area contributed by atoms with Gasteiger partial charge < -0.3 is 15.8 Å². The van der Waals surface area contributed by atoms with Crippen LogP contribution in [0.3, 0.4) is 0 Å². The van der Waals surface area contributed by atoms with Crippen molar-refractivity contribution in [3.63, 3.8) is 0 Å².